The van der Waals surface area contributed by atoms with Gasteiger partial charge in [0.05, 0.1) is 12.2 Å². The summed E-state index contributed by atoms with van der Waals surface area (Å²) in [7, 11) is 0. The number of Topliss-reactive ketones (excluding diaryl/α,β-unsaturated/α-hetero) is 1. The fraction of sp³-hybridized carbons (Fsp3) is 0.385. The molecule has 2 rings (SSSR count). The van der Waals surface area contributed by atoms with Crippen LogP contribution in [0.1, 0.15) is 24.2 Å². The molecule has 1 atom stereocenters. The molecule has 96 valence electrons. The van der Waals surface area contributed by atoms with Crippen molar-refractivity contribution in [2.24, 2.45) is 0 Å². The van der Waals surface area contributed by atoms with Crippen LogP contribution in [0.4, 0.5) is 5.69 Å². The number of hydrogen-bond donors (Lipinski definition) is 1. The molecule has 1 heterocycles. The molecule has 5 nitrogen and oxygen atoms in total. The molecule has 0 saturated heterocycles. The van der Waals surface area contributed by atoms with Crippen molar-refractivity contribution in [3.05, 3.63) is 23.8 Å². The van der Waals surface area contributed by atoms with Gasteiger partial charge < -0.3 is 14.7 Å². The second-order valence-corrected chi connectivity index (χ2v) is 4.44. The second-order valence-electron chi connectivity index (χ2n) is 4.44. The number of carboxylic acids is 1. The predicted molar refractivity (Wildman–Crippen MR) is 66.4 cm³/mol. The first-order chi connectivity index (χ1) is 8.47. The number of fused-ring (bicyclic) bond motifs is 1. The van der Waals surface area contributed by atoms with Crippen molar-refractivity contribution < 1.29 is 19.4 Å². The summed E-state index contributed by atoms with van der Waals surface area (Å²) in [5, 5.41) is 8.91. The zero-order valence-corrected chi connectivity index (χ0v) is 10.3. The van der Waals surface area contributed by atoms with Crippen molar-refractivity contribution in [1.29, 1.82) is 0 Å². The number of carbonyl (C=O) groups is 2. The summed E-state index contributed by atoms with van der Waals surface area (Å²) in [4.78, 5) is 23.9. The van der Waals surface area contributed by atoms with Gasteiger partial charge in [0.1, 0.15) is 18.4 Å². The van der Waals surface area contributed by atoms with Gasteiger partial charge in [0.15, 0.2) is 5.78 Å². The molecule has 0 aromatic heterocycles. The van der Waals surface area contributed by atoms with Gasteiger partial charge in [0, 0.05) is 5.56 Å². The molecule has 1 aliphatic heterocycles. The van der Waals surface area contributed by atoms with Gasteiger partial charge in [-0.3, -0.25) is 9.59 Å². The van der Waals surface area contributed by atoms with Crippen LogP contribution in [0.15, 0.2) is 18.2 Å². The number of carboxylic acid groups (broad SMARTS) is 1. The fourth-order valence-corrected chi connectivity index (χ4v) is 2.06. The number of rotatable bonds is 3. The summed E-state index contributed by atoms with van der Waals surface area (Å²) in [5.74, 6) is -0.324. The number of nitrogens with zero attached hydrogens (tertiary/aromatic N) is 1. The van der Waals surface area contributed by atoms with Crippen LogP contribution in [0.25, 0.3) is 0 Å². The maximum Gasteiger partial charge on any atom is 0.323 e. The van der Waals surface area contributed by atoms with E-state index in [-0.39, 0.29) is 18.4 Å². The van der Waals surface area contributed by atoms with Crippen molar-refractivity contribution in [2.45, 2.75) is 20.0 Å². The summed E-state index contributed by atoms with van der Waals surface area (Å²) in [5.41, 5.74) is 1.23. The molecule has 18 heavy (non-hydrogen) atoms. The van der Waals surface area contributed by atoms with E-state index >= 15 is 0 Å². The molecule has 0 spiro atoms. The number of ether oxygens (including phenoxy) is 1. The van der Waals surface area contributed by atoms with Crippen LogP contribution >= 0.6 is 0 Å². The maximum absolute atomic E-state index is 11.3. The van der Waals surface area contributed by atoms with Crippen molar-refractivity contribution in [2.75, 3.05) is 18.0 Å². The molecule has 0 saturated carbocycles. The largest absolute Gasteiger partial charge is 0.487 e. The first kappa shape index (κ1) is 12.4. The zero-order valence-electron chi connectivity index (χ0n) is 10.3. The first-order valence-electron chi connectivity index (χ1n) is 5.75. The Morgan fingerprint density at radius 1 is 1.50 bits per heavy atom. The lowest BCUT2D eigenvalue weighted by Gasteiger charge is -2.34. The summed E-state index contributed by atoms with van der Waals surface area (Å²) in [6.07, 6.45) is -0.0694. The van der Waals surface area contributed by atoms with E-state index in [1.807, 2.05) is 6.92 Å². The number of hydrogen-bond acceptors (Lipinski definition) is 4. The van der Waals surface area contributed by atoms with Crippen molar-refractivity contribution in [1.82, 2.24) is 0 Å². The van der Waals surface area contributed by atoms with Crippen molar-refractivity contribution in [3.8, 4) is 5.75 Å². The molecule has 0 aliphatic carbocycles. The molecule has 1 aliphatic rings. The van der Waals surface area contributed by atoms with E-state index in [2.05, 4.69) is 0 Å². The van der Waals surface area contributed by atoms with Gasteiger partial charge in [-0.05, 0) is 32.0 Å². The monoisotopic (exact) mass is 249 g/mol. The average Bonchev–Trinajstić information content (AvgIpc) is 2.27. The Morgan fingerprint density at radius 2 is 2.22 bits per heavy atom. The second kappa shape index (κ2) is 4.68. The third-order valence-electron chi connectivity index (χ3n) is 2.84. The van der Waals surface area contributed by atoms with Crippen molar-refractivity contribution >= 4 is 17.4 Å². The third-order valence-corrected chi connectivity index (χ3v) is 2.84. The van der Waals surface area contributed by atoms with Gasteiger partial charge in [-0.2, -0.15) is 0 Å². The van der Waals surface area contributed by atoms with Gasteiger partial charge in [0.2, 0.25) is 0 Å². The van der Waals surface area contributed by atoms with E-state index in [9.17, 15) is 9.59 Å². The molecule has 1 N–H and O–H groups in total. The summed E-state index contributed by atoms with van der Waals surface area (Å²) in [6, 6.07) is 5.10. The molecule has 1 aromatic carbocycles. The molecule has 0 bridgehead atoms. The Hall–Kier alpha value is -2.04. The molecule has 0 fully saturated rings. The highest BCUT2D eigenvalue weighted by molar-refractivity contribution is 5.95. The lowest BCUT2D eigenvalue weighted by molar-refractivity contribution is -0.135. The number of aliphatic carboxylic acids is 1. The molecule has 5 heteroatoms. The number of carbonyl (C=O) groups excluding carboxylic acids is 1. The first-order valence-corrected chi connectivity index (χ1v) is 5.75. The third kappa shape index (κ3) is 2.45. The van der Waals surface area contributed by atoms with Crippen LogP contribution in [-0.4, -0.2) is 36.1 Å². The minimum Gasteiger partial charge on any atom is -0.487 e. The summed E-state index contributed by atoms with van der Waals surface area (Å²) < 4.78 is 5.63. The molecule has 0 amide bonds. The lowest BCUT2D eigenvalue weighted by atomic mass is 10.1. The topological polar surface area (TPSA) is 66.8 Å². The standard InChI is InChI=1S/C13H15NO4/c1-8-6-14(7-13(16)17)11-5-10(9(2)15)3-4-12(11)18-8/h3-5,8H,6-7H2,1-2H3,(H,16,17). The predicted octanol–water partition coefficient (Wildman–Crippen LogP) is 1.56. The van der Waals surface area contributed by atoms with Gasteiger partial charge in [0.25, 0.3) is 0 Å². The van der Waals surface area contributed by atoms with Gasteiger partial charge in [-0.15, -0.1) is 0 Å². The number of benzene rings is 1. The lowest BCUT2D eigenvalue weighted by Crippen LogP contribution is -2.41. The Kier molecular flexibility index (Phi) is 3.23. The number of anilines is 1. The van der Waals surface area contributed by atoms with E-state index in [0.717, 1.165) is 0 Å². The minimum atomic E-state index is -0.900. The highest BCUT2D eigenvalue weighted by atomic mass is 16.5. The maximum atomic E-state index is 11.3. The van der Waals surface area contributed by atoms with E-state index in [1.54, 1.807) is 23.1 Å². The van der Waals surface area contributed by atoms with E-state index < -0.39 is 5.97 Å². The van der Waals surface area contributed by atoms with Crippen LogP contribution in [0.2, 0.25) is 0 Å². The van der Waals surface area contributed by atoms with Crippen LogP contribution in [0, 0.1) is 0 Å². The van der Waals surface area contributed by atoms with Gasteiger partial charge in [-0.25, -0.2) is 0 Å². The quantitative estimate of drug-likeness (QED) is 0.823. The Morgan fingerprint density at radius 3 is 2.83 bits per heavy atom. The summed E-state index contributed by atoms with van der Waals surface area (Å²) >= 11 is 0. The molecular formula is C13H15NO4. The van der Waals surface area contributed by atoms with E-state index in [1.165, 1.54) is 6.92 Å². The van der Waals surface area contributed by atoms with E-state index in [0.29, 0.717) is 23.5 Å². The molecule has 0 radical (unpaired) electrons. The van der Waals surface area contributed by atoms with Crippen molar-refractivity contribution in [3.63, 3.8) is 0 Å². The van der Waals surface area contributed by atoms with E-state index in [4.69, 9.17) is 9.84 Å². The van der Waals surface area contributed by atoms with Gasteiger partial charge >= 0.3 is 5.97 Å². The summed E-state index contributed by atoms with van der Waals surface area (Å²) in [6.45, 7) is 3.77. The Bertz CT molecular complexity index is 498. The smallest absolute Gasteiger partial charge is 0.323 e. The Labute approximate surface area is 105 Å². The molecule has 1 aromatic rings. The van der Waals surface area contributed by atoms with Crippen LogP contribution < -0.4 is 9.64 Å². The van der Waals surface area contributed by atoms with Crippen LogP contribution in [0.3, 0.4) is 0 Å². The van der Waals surface area contributed by atoms with Gasteiger partial charge in [-0.1, -0.05) is 0 Å². The average molecular weight is 249 g/mol. The molecule has 1 unspecified atom stereocenters. The van der Waals surface area contributed by atoms with Crippen LogP contribution in [0.5, 0.6) is 5.75 Å². The Balaban J connectivity index is 2.40. The minimum absolute atomic E-state index is 0.0494. The normalized spacial score (nSPS) is 17.9. The zero-order chi connectivity index (χ0) is 13.3. The SMILES string of the molecule is CC(=O)c1ccc2c(c1)N(CC(=O)O)CC(C)O2. The number of ketones is 1. The van der Waals surface area contributed by atoms with Crippen LogP contribution in [-0.2, 0) is 4.79 Å². The highest BCUT2D eigenvalue weighted by Crippen LogP contribution is 2.34. The fourth-order valence-electron chi connectivity index (χ4n) is 2.06. The highest BCUT2D eigenvalue weighted by Gasteiger charge is 2.25. The molecular weight excluding hydrogens is 234 g/mol.